The summed E-state index contributed by atoms with van der Waals surface area (Å²) in [5, 5.41) is 0. The van der Waals surface area contributed by atoms with Crippen molar-refractivity contribution in [2.45, 2.75) is 38.0 Å². The minimum absolute atomic E-state index is 0.0880. The average molecular weight is 555 g/mol. The summed E-state index contributed by atoms with van der Waals surface area (Å²) in [6.07, 6.45) is 2.05. The summed E-state index contributed by atoms with van der Waals surface area (Å²) >= 11 is 0. The van der Waals surface area contributed by atoms with Crippen LogP contribution in [0.25, 0.3) is 11.1 Å². The van der Waals surface area contributed by atoms with Gasteiger partial charge in [-0.25, -0.2) is 0 Å². The van der Waals surface area contributed by atoms with E-state index in [1.165, 1.54) is 27.8 Å². The first kappa shape index (κ1) is 27.7. The Labute approximate surface area is 237 Å². The smallest absolute Gasteiger partial charge is 0.296 e. The molecule has 0 radical (unpaired) electrons. The van der Waals surface area contributed by atoms with E-state index in [-0.39, 0.29) is 11.5 Å². The van der Waals surface area contributed by atoms with Gasteiger partial charge < -0.3 is 9.47 Å². The number of aryl methyl sites for hydroxylation is 2. The molecule has 0 spiro atoms. The van der Waals surface area contributed by atoms with Crippen LogP contribution in [-0.4, -0.2) is 28.7 Å². The molecule has 4 aromatic carbocycles. The quantitative estimate of drug-likeness (QED) is 0.205. The van der Waals surface area contributed by atoms with Gasteiger partial charge in [0.05, 0.1) is 25.2 Å². The number of benzene rings is 4. The Balaban J connectivity index is 1.37. The van der Waals surface area contributed by atoms with Crippen molar-refractivity contribution in [1.82, 2.24) is 0 Å². The Morgan fingerprint density at radius 2 is 1.55 bits per heavy atom. The van der Waals surface area contributed by atoms with E-state index >= 15 is 0 Å². The lowest BCUT2D eigenvalue weighted by Gasteiger charge is -2.17. The molecular formula is C34H34O5S. The van der Waals surface area contributed by atoms with Gasteiger partial charge in [-0.15, -0.1) is 0 Å². The molecule has 0 unspecified atom stereocenters. The lowest BCUT2D eigenvalue weighted by atomic mass is 9.87. The maximum Gasteiger partial charge on any atom is 0.296 e. The second-order valence-corrected chi connectivity index (χ2v) is 11.7. The highest BCUT2D eigenvalue weighted by molar-refractivity contribution is 7.86. The zero-order valence-electron chi connectivity index (χ0n) is 23.1. The minimum atomic E-state index is -3.77. The molecule has 0 amide bonds. The highest BCUT2D eigenvalue weighted by Crippen LogP contribution is 2.41. The van der Waals surface area contributed by atoms with Gasteiger partial charge in [0.1, 0.15) is 11.5 Å². The maximum absolute atomic E-state index is 12.5. The van der Waals surface area contributed by atoms with Gasteiger partial charge in [-0.2, -0.15) is 8.42 Å². The number of allylic oxidation sites excluding steroid dienone is 1. The van der Waals surface area contributed by atoms with E-state index in [0.29, 0.717) is 13.0 Å². The first-order valence-electron chi connectivity index (χ1n) is 13.5. The highest BCUT2D eigenvalue weighted by Gasteiger charge is 2.21. The normalized spacial score (nSPS) is 13.4. The van der Waals surface area contributed by atoms with Crippen molar-refractivity contribution in [3.8, 4) is 11.5 Å². The fourth-order valence-corrected chi connectivity index (χ4v) is 5.96. The van der Waals surface area contributed by atoms with Crippen molar-refractivity contribution >= 4 is 21.3 Å². The molecule has 0 fully saturated rings. The Bertz CT molecular complexity index is 1620. The minimum Gasteiger partial charge on any atom is -0.497 e. The maximum atomic E-state index is 12.5. The van der Waals surface area contributed by atoms with Crippen molar-refractivity contribution < 1.29 is 22.1 Å². The van der Waals surface area contributed by atoms with Crippen molar-refractivity contribution in [2.75, 3.05) is 20.3 Å². The van der Waals surface area contributed by atoms with E-state index in [1.54, 1.807) is 31.4 Å². The summed E-state index contributed by atoms with van der Waals surface area (Å²) in [6, 6.07) is 29.5. The molecule has 40 heavy (non-hydrogen) atoms. The molecule has 5 rings (SSSR count). The molecule has 0 N–H and O–H groups in total. The van der Waals surface area contributed by atoms with Crippen LogP contribution in [0.15, 0.2) is 95.9 Å². The van der Waals surface area contributed by atoms with Gasteiger partial charge in [-0.1, -0.05) is 66.2 Å². The molecule has 0 bridgehead atoms. The van der Waals surface area contributed by atoms with Gasteiger partial charge in [0.2, 0.25) is 0 Å². The first-order valence-corrected chi connectivity index (χ1v) is 14.9. The average Bonchev–Trinajstić information content (AvgIpc) is 3.13. The number of hydrogen-bond donors (Lipinski definition) is 0. The molecule has 0 saturated carbocycles. The molecule has 0 saturated heterocycles. The van der Waals surface area contributed by atoms with Gasteiger partial charge in [0.15, 0.2) is 0 Å². The van der Waals surface area contributed by atoms with Crippen molar-refractivity contribution in [1.29, 1.82) is 0 Å². The highest BCUT2D eigenvalue weighted by atomic mass is 32.2. The zero-order chi connectivity index (χ0) is 28.1. The molecule has 206 valence electrons. The third-order valence-corrected chi connectivity index (χ3v) is 8.63. The van der Waals surface area contributed by atoms with E-state index in [0.717, 1.165) is 41.0 Å². The van der Waals surface area contributed by atoms with Gasteiger partial charge in [-0.05, 0) is 84.4 Å². The summed E-state index contributed by atoms with van der Waals surface area (Å²) in [4.78, 5) is 0.177. The Morgan fingerprint density at radius 3 is 2.27 bits per heavy atom. The van der Waals surface area contributed by atoms with Crippen LogP contribution >= 0.6 is 0 Å². The van der Waals surface area contributed by atoms with Crippen LogP contribution in [0.2, 0.25) is 0 Å². The molecule has 1 aliphatic rings. The number of rotatable bonds is 9. The van der Waals surface area contributed by atoms with Gasteiger partial charge >= 0.3 is 0 Å². The zero-order valence-corrected chi connectivity index (χ0v) is 24.0. The molecule has 0 atom stereocenters. The standard InChI is InChI=1S/C34H34O5S/c1-24-8-15-29(16-9-24)40(35,36)39-21-18-26-10-12-27(13-11-26)22-33-31(30-7-5-4-6-25(30)2)19-20-38-34-23-28(37-3)14-17-32(33)34/h4-17,23H,18-22H2,1-3H3. The van der Waals surface area contributed by atoms with Crippen LogP contribution in [0, 0.1) is 13.8 Å². The van der Waals surface area contributed by atoms with Crippen LogP contribution in [0.5, 0.6) is 11.5 Å². The molecule has 1 heterocycles. The third kappa shape index (κ3) is 6.30. The van der Waals surface area contributed by atoms with Crippen LogP contribution < -0.4 is 9.47 Å². The second-order valence-electron chi connectivity index (χ2n) is 10.1. The predicted octanol–water partition coefficient (Wildman–Crippen LogP) is 7.20. The lowest BCUT2D eigenvalue weighted by molar-refractivity contribution is 0.322. The van der Waals surface area contributed by atoms with E-state index in [2.05, 4.69) is 49.4 Å². The SMILES string of the molecule is COc1ccc2c(c1)OCCC(c1ccccc1C)=C2Cc1ccc(CCOS(=O)(=O)c2ccc(C)cc2)cc1. The molecular weight excluding hydrogens is 520 g/mol. The van der Waals surface area contributed by atoms with Gasteiger partial charge in [-0.3, -0.25) is 4.18 Å². The summed E-state index contributed by atoms with van der Waals surface area (Å²) in [7, 11) is -2.11. The number of hydrogen-bond acceptors (Lipinski definition) is 5. The molecule has 4 aromatic rings. The van der Waals surface area contributed by atoms with Crippen LogP contribution in [0.4, 0.5) is 0 Å². The van der Waals surface area contributed by atoms with Crippen molar-refractivity contribution in [2.24, 2.45) is 0 Å². The summed E-state index contributed by atoms with van der Waals surface area (Å²) in [5.74, 6) is 1.61. The Hall–Kier alpha value is -3.87. The lowest BCUT2D eigenvalue weighted by Crippen LogP contribution is -2.09. The number of methoxy groups -OCH3 is 1. The Morgan fingerprint density at radius 1 is 0.825 bits per heavy atom. The molecule has 0 aliphatic carbocycles. The van der Waals surface area contributed by atoms with E-state index < -0.39 is 10.1 Å². The summed E-state index contributed by atoms with van der Waals surface area (Å²) in [6.45, 7) is 4.75. The molecule has 1 aliphatic heterocycles. The number of ether oxygens (including phenoxy) is 2. The van der Waals surface area contributed by atoms with Crippen LogP contribution in [0.3, 0.4) is 0 Å². The predicted molar refractivity (Wildman–Crippen MR) is 159 cm³/mol. The van der Waals surface area contributed by atoms with Gasteiger partial charge in [0.25, 0.3) is 10.1 Å². The first-order chi connectivity index (χ1) is 19.3. The summed E-state index contributed by atoms with van der Waals surface area (Å²) < 4.78 is 42.0. The second kappa shape index (κ2) is 12.1. The Kier molecular flexibility index (Phi) is 8.38. The van der Waals surface area contributed by atoms with E-state index in [1.807, 2.05) is 31.2 Å². The molecule has 0 aromatic heterocycles. The molecule has 6 heteroatoms. The summed E-state index contributed by atoms with van der Waals surface area (Å²) in [5.41, 5.74) is 9.28. The largest absolute Gasteiger partial charge is 0.497 e. The van der Waals surface area contributed by atoms with Gasteiger partial charge in [0, 0.05) is 18.1 Å². The van der Waals surface area contributed by atoms with Crippen molar-refractivity contribution in [3.63, 3.8) is 0 Å². The fourth-order valence-electron chi connectivity index (χ4n) is 5.06. The molecule has 5 nitrogen and oxygen atoms in total. The number of fused-ring (bicyclic) bond motifs is 1. The monoisotopic (exact) mass is 554 g/mol. The fraction of sp³-hybridized carbons (Fsp3) is 0.235. The third-order valence-electron chi connectivity index (χ3n) is 7.30. The van der Waals surface area contributed by atoms with Crippen LogP contribution in [0.1, 0.15) is 39.8 Å². The van der Waals surface area contributed by atoms with E-state index in [9.17, 15) is 8.42 Å². The topological polar surface area (TPSA) is 61.8 Å². The van der Waals surface area contributed by atoms with Crippen molar-refractivity contribution in [3.05, 3.63) is 124 Å². The van der Waals surface area contributed by atoms with E-state index in [4.69, 9.17) is 13.7 Å². The van der Waals surface area contributed by atoms with Crippen LogP contribution in [-0.2, 0) is 27.1 Å².